The summed E-state index contributed by atoms with van der Waals surface area (Å²) in [4.78, 5) is 19.1. The van der Waals surface area contributed by atoms with Crippen LogP contribution in [0.2, 0.25) is 0 Å². The fourth-order valence-electron chi connectivity index (χ4n) is 3.79. The number of aryl methyl sites for hydroxylation is 2. The van der Waals surface area contributed by atoms with Crippen molar-refractivity contribution in [1.29, 1.82) is 0 Å². The second-order valence-electron chi connectivity index (χ2n) is 6.78. The second-order valence-corrected chi connectivity index (χ2v) is 6.78. The first-order chi connectivity index (χ1) is 11.7. The Morgan fingerprint density at radius 2 is 2.04 bits per heavy atom. The zero-order valence-electron chi connectivity index (χ0n) is 14.1. The molecule has 4 rings (SSSR count). The van der Waals surface area contributed by atoms with Crippen LogP contribution < -0.4 is 0 Å². The Morgan fingerprint density at radius 3 is 2.88 bits per heavy atom. The molecule has 6 nitrogen and oxygen atoms in total. The van der Waals surface area contributed by atoms with Crippen LogP contribution in [0.3, 0.4) is 0 Å². The number of hydrogen-bond donors (Lipinski definition) is 0. The van der Waals surface area contributed by atoms with Crippen molar-refractivity contribution < 1.29 is 4.79 Å². The van der Waals surface area contributed by atoms with Crippen molar-refractivity contribution in [2.24, 2.45) is 0 Å². The summed E-state index contributed by atoms with van der Waals surface area (Å²) in [6, 6.07) is 3.80. The van der Waals surface area contributed by atoms with Crippen LogP contribution in [0.5, 0.6) is 0 Å². The van der Waals surface area contributed by atoms with E-state index in [4.69, 9.17) is 0 Å². The van der Waals surface area contributed by atoms with Gasteiger partial charge in [0, 0.05) is 31.4 Å². The summed E-state index contributed by atoms with van der Waals surface area (Å²) in [7, 11) is 0. The average molecular weight is 325 g/mol. The Morgan fingerprint density at radius 1 is 1.12 bits per heavy atom. The van der Waals surface area contributed by atoms with E-state index in [9.17, 15) is 4.79 Å². The topological polar surface area (TPSA) is 63.9 Å². The Kier molecular flexibility index (Phi) is 4.04. The first kappa shape index (κ1) is 15.3. The minimum absolute atomic E-state index is 0.0400. The molecule has 6 heteroatoms. The van der Waals surface area contributed by atoms with E-state index in [2.05, 4.69) is 19.7 Å². The van der Waals surface area contributed by atoms with E-state index in [-0.39, 0.29) is 11.9 Å². The van der Waals surface area contributed by atoms with Gasteiger partial charge in [-0.1, -0.05) is 6.42 Å². The lowest BCUT2D eigenvalue weighted by atomic mass is 10.1. The van der Waals surface area contributed by atoms with Crippen molar-refractivity contribution in [1.82, 2.24) is 24.6 Å². The highest BCUT2D eigenvalue weighted by Gasteiger charge is 2.34. The molecule has 126 valence electrons. The van der Waals surface area contributed by atoms with E-state index in [1.165, 1.54) is 19.3 Å². The lowest BCUT2D eigenvalue weighted by Crippen LogP contribution is -2.32. The number of carbonyl (C=O) groups excluding carboxylic acids is 1. The molecule has 0 bridgehead atoms. The number of nitrogens with zero attached hydrogens (tertiary/aromatic N) is 5. The molecule has 1 atom stereocenters. The quantitative estimate of drug-likeness (QED) is 0.851. The number of carbonyl (C=O) groups is 1. The SMILES string of the molecule is Cc1ccc(C(=O)N2CCC[C@@H]2c2nnc3n2CCCCC3)cn1. The van der Waals surface area contributed by atoms with E-state index in [1.54, 1.807) is 6.20 Å². The van der Waals surface area contributed by atoms with Gasteiger partial charge in [-0.3, -0.25) is 9.78 Å². The number of likely N-dealkylation sites (tertiary alicyclic amines) is 1. The molecule has 1 saturated heterocycles. The summed E-state index contributed by atoms with van der Waals surface area (Å²) in [6.45, 7) is 3.68. The van der Waals surface area contributed by atoms with Crippen LogP contribution in [0.1, 0.15) is 65.8 Å². The molecule has 0 radical (unpaired) electrons. The molecule has 0 unspecified atom stereocenters. The highest BCUT2D eigenvalue weighted by Crippen LogP contribution is 2.33. The van der Waals surface area contributed by atoms with Crippen LogP contribution in [0.25, 0.3) is 0 Å². The molecule has 2 aliphatic heterocycles. The largest absolute Gasteiger partial charge is 0.328 e. The van der Waals surface area contributed by atoms with Gasteiger partial charge in [-0.15, -0.1) is 10.2 Å². The highest BCUT2D eigenvalue weighted by molar-refractivity contribution is 5.94. The molecule has 0 aromatic carbocycles. The standard InChI is InChI=1S/C18H23N5O/c1-13-8-9-14(12-19-13)18(24)22-11-5-6-15(22)17-21-20-16-7-3-2-4-10-23(16)17/h8-9,12,15H,2-7,10-11H2,1H3/t15-/m1/s1. The van der Waals surface area contributed by atoms with E-state index < -0.39 is 0 Å². The zero-order valence-corrected chi connectivity index (χ0v) is 14.1. The van der Waals surface area contributed by atoms with Crippen molar-refractivity contribution in [3.05, 3.63) is 41.2 Å². The Bertz CT molecular complexity index is 736. The lowest BCUT2D eigenvalue weighted by Gasteiger charge is -2.24. The summed E-state index contributed by atoms with van der Waals surface area (Å²) in [5.41, 5.74) is 1.58. The average Bonchev–Trinajstić information content (AvgIpc) is 3.16. The third-order valence-electron chi connectivity index (χ3n) is 5.11. The summed E-state index contributed by atoms with van der Waals surface area (Å²) >= 11 is 0. The van der Waals surface area contributed by atoms with Crippen LogP contribution in [0.4, 0.5) is 0 Å². The molecule has 1 fully saturated rings. The van der Waals surface area contributed by atoms with Gasteiger partial charge in [0.05, 0.1) is 11.6 Å². The van der Waals surface area contributed by atoms with Gasteiger partial charge < -0.3 is 9.47 Å². The number of pyridine rings is 1. The number of amides is 1. The molecule has 0 aliphatic carbocycles. The van der Waals surface area contributed by atoms with Crippen LogP contribution in [0, 0.1) is 6.92 Å². The molecule has 2 aromatic rings. The summed E-state index contributed by atoms with van der Waals surface area (Å²) in [6.07, 6.45) is 8.24. The third kappa shape index (κ3) is 2.70. The molecular formula is C18H23N5O. The van der Waals surface area contributed by atoms with Gasteiger partial charge in [0.25, 0.3) is 5.91 Å². The Labute approximate surface area is 141 Å². The van der Waals surface area contributed by atoms with Gasteiger partial charge in [-0.05, 0) is 44.7 Å². The van der Waals surface area contributed by atoms with Gasteiger partial charge in [0.1, 0.15) is 5.82 Å². The minimum atomic E-state index is 0.0400. The normalized spacial score (nSPS) is 20.7. The van der Waals surface area contributed by atoms with Crippen molar-refractivity contribution in [3.63, 3.8) is 0 Å². The maximum atomic E-state index is 12.9. The van der Waals surface area contributed by atoms with Crippen molar-refractivity contribution >= 4 is 5.91 Å². The Balaban J connectivity index is 1.62. The molecule has 0 spiro atoms. The Hall–Kier alpha value is -2.24. The van der Waals surface area contributed by atoms with Gasteiger partial charge >= 0.3 is 0 Å². The third-order valence-corrected chi connectivity index (χ3v) is 5.11. The summed E-state index contributed by atoms with van der Waals surface area (Å²) < 4.78 is 2.26. The molecule has 0 N–H and O–H groups in total. The second kappa shape index (κ2) is 6.34. The van der Waals surface area contributed by atoms with Crippen LogP contribution in [-0.4, -0.2) is 37.1 Å². The number of fused-ring (bicyclic) bond motifs is 1. The number of rotatable bonds is 2. The maximum Gasteiger partial charge on any atom is 0.256 e. The molecule has 1 amide bonds. The van der Waals surface area contributed by atoms with E-state index in [0.717, 1.165) is 49.7 Å². The number of aromatic nitrogens is 4. The predicted molar refractivity (Wildman–Crippen MR) is 89.6 cm³/mol. The summed E-state index contributed by atoms with van der Waals surface area (Å²) in [5.74, 6) is 2.10. The lowest BCUT2D eigenvalue weighted by molar-refractivity contribution is 0.0726. The molecular weight excluding hydrogens is 302 g/mol. The van der Waals surface area contributed by atoms with E-state index >= 15 is 0 Å². The monoisotopic (exact) mass is 325 g/mol. The molecule has 2 aliphatic rings. The highest BCUT2D eigenvalue weighted by atomic mass is 16.2. The van der Waals surface area contributed by atoms with Gasteiger partial charge in [-0.2, -0.15) is 0 Å². The fourth-order valence-corrected chi connectivity index (χ4v) is 3.79. The molecule has 4 heterocycles. The predicted octanol–water partition coefficient (Wildman–Crippen LogP) is 2.69. The molecule has 0 saturated carbocycles. The van der Waals surface area contributed by atoms with Crippen LogP contribution in [0.15, 0.2) is 18.3 Å². The van der Waals surface area contributed by atoms with Crippen LogP contribution >= 0.6 is 0 Å². The van der Waals surface area contributed by atoms with Crippen molar-refractivity contribution in [2.45, 2.75) is 58.0 Å². The maximum absolute atomic E-state index is 12.9. The number of hydrogen-bond acceptors (Lipinski definition) is 4. The molecule has 2 aromatic heterocycles. The summed E-state index contributed by atoms with van der Waals surface area (Å²) in [5, 5.41) is 8.87. The van der Waals surface area contributed by atoms with Crippen molar-refractivity contribution in [2.75, 3.05) is 6.54 Å². The smallest absolute Gasteiger partial charge is 0.256 e. The van der Waals surface area contributed by atoms with Crippen molar-refractivity contribution in [3.8, 4) is 0 Å². The fraction of sp³-hybridized carbons (Fsp3) is 0.556. The first-order valence-corrected chi connectivity index (χ1v) is 8.89. The van der Waals surface area contributed by atoms with Gasteiger partial charge in [0.15, 0.2) is 5.82 Å². The first-order valence-electron chi connectivity index (χ1n) is 8.89. The van der Waals surface area contributed by atoms with Gasteiger partial charge in [0.2, 0.25) is 0 Å². The minimum Gasteiger partial charge on any atom is -0.328 e. The van der Waals surface area contributed by atoms with E-state index in [1.807, 2.05) is 24.0 Å². The van der Waals surface area contributed by atoms with E-state index in [0.29, 0.717) is 5.56 Å². The van der Waals surface area contributed by atoms with Gasteiger partial charge in [-0.25, -0.2) is 0 Å². The zero-order chi connectivity index (χ0) is 16.5. The molecule has 24 heavy (non-hydrogen) atoms. The van der Waals surface area contributed by atoms with Crippen LogP contribution in [-0.2, 0) is 13.0 Å².